The van der Waals surface area contributed by atoms with Crippen LogP contribution < -0.4 is 10.7 Å². The molecule has 4 bridgehead atoms. The third-order valence-electron chi connectivity index (χ3n) is 6.62. The van der Waals surface area contributed by atoms with E-state index in [1.807, 2.05) is 12.1 Å². The van der Waals surface area contributed by atoms with Gasteiger partial charge in [-0.1, -0.05) is 23.7 Å². The van der Waals surface area contributed by atoms with E-state index in [9.17, 15) is 9.59 Å². The zero-order valence-electron chi connectivity index (χ0n) is 16.3. The minimum Gasteiger partial charge on any atom is -0.352 e. The lowest BCUT2D eigenvalue weighted by atomic mass is 9.54. The summed E-state index contributed by atoms with van der Waals surface area (Å²) in [4.78, 5) is 24.5. The van der Waals surface area contributed by atoms with Crippen LogP contribution in [0.4, 0.5) is 0 Å². The Hall–Kier alpha value is -1.88. The molecule has 4 saturated carbocycles. The first-order chi connectivity index (χ1) is 13.5. The molecule has 2 amide bonds. The molecule has 0 aliphatic heterocycles. The van der Waals surface area contributed by atoms with Gasteiger partial charge in [0.1, 0.15) is 0 Å². The zero-order valence-corrected chi connectivity index (χ0v) is 17.0. The fraction of sp³-hybridized carbons (Fsp3) is 0.591. The van der Waals surface area contributed by atoms with Gasteiger partial charge in [-0.25, -0.2) is 5.43 Å². The Morgan fingerprint density at radius 3 is 2.21 bits per heavy atom. The van der Waals surface area contributed by atoms with Gasteiger partial charge in [0.25, 0.3) is 0 Å². The van der Waals surface area contributed by atoms with Crippen molar-refractivity contribution in [2.75, 3.05) is 0 Å². The molecule has 4 fully saturated rings. The zero-order chi connectivity index (χ0) is 19.7. The summed E-state index contributed by atoms with van der Waals surface area (Å²) in [6.07, 6.45) is 7.00. The first kappa shape index (κ1) is 19.4. The van der Waals surface area contributed by atoms with E-state index < -0.39 is 0 Å². The van der Waals surface area contributed by atoms with Crippen LogP contribution in [0.2, 0.25) is 5.02 Å². The van der Waals surface area contributed by atoms with Gasteiger partial charge in [0.2, 0.25) is 11.8 Å². The molecule has 5 rings (SSSR count). The molecule has 0 heterocycles. The number of rotatable bonds is 6. The highest BCUT2D eigenvalue weighted by Crippen LogP contribution is 2.53. The van der Waals surface area contributed by atoms with Gasteiger partial charge >= 0.3 is 0 Å². The summed E-state index contributed by atoms with van der Waals surface area (Å²) in [6, 6.07) is 7.49. The number of amides is 2. The van der Waals surface area contributed by atoms with Gasteiger partial charge in [-0.05, 0) is 80.4 Å². The Bertz CT molecular complexity index is 746. The minimum absolute atomic E-state index is 0.0191. The average Bonchev–Trinajstić information content (AvgIpc) is 2.64. The van der Waals surface area contributed by atoms with Crippen molar-refractivity contribution in [1.29, 1.82) is 0 Å². The molecule has 1 aromatic rings. The topological polar surface area (TPSA) is 70.6 Å². The molecule has 6 heteroatoms. The van der Waals surface area contributed by atoms with E-state index in [0.29, 0.717) is 28.6 Å². The van der Waals surface area contributed by atoms with Crippen molar-refractivity contribution in [3.05, 3.63) is 34.9 Å². The second-order valence-corrected chi connectivity index (χ2v) is 9.32. The third-order valence-corrected chi connectivity index (χ3v) is 6.87. The summed E-state index contributed by atoms with van der Waals surface area (Å²) < 4.78 is 0. The number of benzene rings is 1. The molecule has 1 aromatic carbocycles. The van der Waals surface area contributed by atoms with E-state index in [-0.39, 0.29) is 24.7 Å². The normalized spacial score (nSPS) is 30.9. The summed E-state index contributed by atoms with van der Waals surface area (Å²) in [5.74, 6) is 2.94. The van der Waals surface area contributed by atoms with Gasteiger partial charge in [0.05, 0.1) is 12.8 Å². The molecule has 4 aliphatic rings. The highest BCUT2D eigenvalue weighted by Gasteiger charge is 2.48. The molecule has 0 unspecified atom stereocenters. The second-order valence-electron chi connectivity index (χ2n) is 8.89. The Balaban J connectivity index is 1.24. The number of hydrazone groups is 1. The van der Waals surface area contributed by atoms with Crippen molar-refractivity contribution < 1.29 is 9.59 Å². The molecule has 5 nitrogen and oxygen atoms in total. The standard InChI is InChI=1S/C22H28ClN3O2/c1-13(25-26-21(28)12-14-2-4-19(23)5-3-14)6-20(27)24-22-17-8-15-7-16(10-17)11-18(22)9-15/h2-5,15-18,22H,6-12H2,1H3,(H,24,27)(H,26,28)/b25-13+. The van der Waals surface area contributed by atoms with Crippen LogP contribution in [0.1, 0.15) is 51.0 Å². The highest BCUT2D eigenvalue weighted by atomic mass is 35.5. The van der Waals surface area contributed by atoms with E-state index in [4.69, 9.17) is 11.6 Å². The predicted octanol–water partition coefficient (Wildman–Crippen LogP) is 3.71. The number of nitrogens with zero attached hydrogens (tertiary/aromatic N) is 1. The predicted molar refractivity (Wildman–Crippen MR) is 110 cm³/mol. The van der Waals surface area contributed by atoms with Crippen molar-refractivity contribution in [3.8, 4) is 0 Å². The molecule has 0 atom stereocenters. The van der Waals surface area contributed by atoms with Crippen molar-refractivity contribution in [2.24, 2.45) is 28.8 Å². The van der Waals surface area contributed by atoms with Gasteiger partial charge in [-0.3, -0.25) is 9.59 Å². The van der Waals surface area contributed by atoms with Crippen molar-refractivity contribution >= 4 is 29.1 Å². The van der Waals surface area contributed by atoms with E-state index in [1.165, 1.54) is 32.1 Å². The quantitative estimate of drug-likeness (QED) is 0.563. The van der Waals surface area contributed by atoms with Crippen LogP contribution in [-0.4, -0.2) is 23.6 Å². The molecular weight excluding hydrogens is 374 g/mol. The summed E-state index contributed by atoms with van der Waals surface area (Å²) in [7, 11) is 0. The molecule has 2 N–H and O–H groups in total. The Morgan fingerprint density at radius 2 is 1.61 bits per heavy atom. The summed E-state index contributed by atoms with van der Waals surface area (Å²) in [5, 5.41) is 8.01. The SMILES string of the molecule is C/C(CC(=O)NC1C2CC3CC(C2)CC1C3)=N\NC(=O)Cc1ccc(Cl)cc1. The molecule has 0 saturated heterocycles. The van der Waals surface area contributed by atoms with Crippen LogP contribution in [-0.2, 0) is 16.0 Å². The van der Waals surface area contributed by atoms with Crippen LogP contribution in [0.5, 0.6) is 0 Å². The maximum absolute atomic E-state index is 12.5. The van der Waals surface area contributed by atoms with E-state index in [1.54, 1.807) is 19.1 Å². The smallest absolute Gasteiger partial charge is 0.244 e. The van der Waals surface area contributed by atoms with Gasteiger partial charge < -0.3 is 5.32 Å². The molecule has 150 valence electrons. The molecule has 4 aliphatic carbocycles. The number of hydrogen-bond acceptors (Lipinski definition) is 3. The maximum Gasteiger partial charge on any atom is 0.244 e. The average molecular weight is 402 g/mol. The molecular formula is C22H28ClN3O2. The Labute approximate surface area is 171 Å². The van der Waals surface area contributed by atoms with Gasteiger partial charge in [-0.15, -0.1) is 0 Å². The molecule has 28 heavy (non-hydrogen) atoms. The lowest BCUT2D eigenvalue weighted by Gasteiger charge is -2.54. The van der Waals surface area contributed by atoms with Gasteiger partial charge in [0.15, 0.2) is 0 Å². The summed E-state index contributed by atoms with van der Waals surface area (Å²) in [6.45, 7) is 1.78. The van der Waals surface area contributed by atoms with Crippen LogP contribution in [0, 0.1) is 23.7 Å². The number of carbonyl (C=O) groups is 2. The fourth-order valence-electron chi connectivity index (χ4n) is 5.65. The van der Waals surface area contributed by atoms with Gasteiger partial charge in [0, 0.05) is 16.8 Å². The minimum atomic E-state index is -0.205. The monoisotopic (exact) mass is 401 g/mol. The molecule has 0 radical (unpaired) electrons. The maximum atomic E-state index is 12.5. The highest BCUT2D eigenvalue weighted by molar-refractivity contribution is 6.30. The van der Waals surface area contributed by atoms with Crippen molar-refractivity contribution in [2.45, 2.75) is 57.9 Å². The molecule has 0 spiro atoms. The summed E-state index contributed by atoms with van der Waals surface area (Å²) >= 11 is 5.85. The third kappa shape index (κ3) is 4.57. The van der Waals surface area contributed by atoms with Crippen LogP contribution in [0.15, 0.2) is 29.4 Å². The lowest BCUT2D eigenvalue weighted by molar-refractivity contribution is -0.124. The largest absolute Gasteiger partial charge is 0.352 e. The van der Waals surface area contributed by atoms with E-state index in [2.05, 4.69) is 15.8 Å². The lowest BCUT2D eigenvalue weighted by Crippen LogP contribution is -2.56. The van der Waals surface area contributed by atoms with E-state index >= 15 is 0 Å². The number of hydrogen-bond donors (Lipinski definition) is 2. The van der Waals surface area contributed by atoms with Crippen LogP contribution in [0.25, 0.3) is 0 Å². The Morgan fingerprint density at radius 1 is 1.00 bits per heavy atom. The second kappa shape index (κ2) is 8.24. The Kier molecular flexibility index (Phi) is 5.72. The number of halogens is 1. The first-order valence-electron chi connectivity index (χ1n) is 10.3. The van der Waals surface area contributed by atoms with Crippen LogP contribution >= 0.6 is 11.6 Å². The van der Waals surface area contributed by atoms with E-state index in [0.717, 1.165) is 17.4 Å². The molecule has 0 aromatic heterocycles. The van der Waals surface area contributed by atoms with Crippen molar-refractivity contribution in [1.82, 2.24) is 10.7 Å². The summed E-state index contributed by atoms with van der Waals surface area (Å²) in [5.41, 5.74) is 4.03. The van der Waals surface area contributed by atoms with Crippen molar-refractivity contribution in [3.63, 3.8) is 0 Å². The first-order valence-corrected chi connectivity index (χ1v) is 10.7. The number of nitrogens with one attached hydrogen (secondary N) is 2. The van der Waals surface area contributed by atoms with Gasteiger partial charge in [-0.2, -0.15) is 5.10 Å². The fourth-order valence-corrected chi connectivity index (χ4v) is 5.78. The van der Waals surface area contributed by atoms with Crippen LogP contribution in [0.3, 0.4) is 0 Å². The number of carbonyl (C=O) groups excluding carboxylic acids is 2.